The number of hydrogen-bond acceptors (Lipinski definition) is 4. The molecule has 104 valence electrons. The van der Waals surface area contributed by atoms with Crippen LogP contribution < -0.4 is 4.74 Å². The van der Waals surface area contributed by atoms with Crippen molar-refractivity contribution in [1.82, 2.24) is 0 Å². The van der Waals surface area contributed by atoms with Gasteiger partial charge < -0.3 is 9.84 Å². The summed E-state index contributed by atoms with van der Waals surface area (Å²) in [6, 6.07) is 5.39. The molecule has 1 N–H and O–H groups in total. The molecule has 2 fully saturated rings. The topological polar surface area (TPSA) is 63.6 Å². The second-order valence-corrected chi connectivity index (χ2v) is 8.04. The lowest BCUT2D eigenvalue weighted by Crippen LogP contribution is -2.45. The lowest BCUT2D eigenvalue weighted by molar-refractivity contribution is 0.151. The zero-order valence-corrected chi connectivity index (χ0v) is 11.9. The van der Waals surface area contributed by atoms with Gasteiger partial charge in [-0.3, -0.25) is 0 Å². The van der Waals surface area contributed by atoms with Gasteiger partial charge in [0.05, 0.1) is 22.1 Å². The van der Waals surface area contributed by atoms with Crippen LogP contribution in [0.15, 0.2) is 18.2 Å². The first-order valence-corrected chi connectivity index (χ1v) is 8.43. The Hall–Kier alpha value is -0.780. The van der Waals surface area contributed by atoms with Gasteiger partial charge >= 0.3 is 0 Å². The molecule has 0 aromatic heterocycles. The first-order chi connectivity index (χ1) is 8.85. The van der Waals surface area contributed by atoms with Crippen molar-refractivity contribution in [2.24, 2.45) is 0 Å². The van der Waals surface area contributed by atoms with Crippen molar-refractivity contribution in [1.29, 1.82) is 0 Å². The van der Waals surface area contributed by atoms with Crippen LogP contribution in [0.2, 0.25) is 5.02 Å². The molecule has 0 atom stereocenters. The SMILES string of the molecule is O=S1(=O)CC(Oc2ccc(CC3(O)CC3)cc2Cl)C1. The average Bonchev–Trinajstić information content (AvgIpc) is 2.97. The second kappa shape index (κ2) is 4.36. The molecular weight excluding hydrogens is 288 g/mol. The molecule has 4 nitrogen and oxygen atoms in total. The fraction of sp³-hybridized carbons (Fsp3) is 0.538. The maximum Gasteiger partial charge on any atom is 0.157 e. The Morgan fingerprint density at radius 3 is 2.58 bits per heavy atom. The Kier molecular flexibility index (Phi) is 3.04. The normalized spacial score (nSPS) is 23.7. The number of hydrogen-bond donors (Lipinski definition) is 1. The highest BCUT2D eigenvalue weighted by atomic mass is 35.5. The molecule has 1 aromatic rings. The van der Waals surface area contributed by atoms with E-state index in [2.05, 4.69) is 0 Å². The molecule has 1 aliphatic heterocycles. The highest BCUT2D eigenvalue weighted by Crippen LogP contribution is 2.39. The number of benzene rings is 1. The summed E-state index contributed by atoms with van der Waals surface area (Å²) in [7, 11) is -2.89. The Labute approximate surface area is 117 Å². The molecule has 0 unspecified atom stereocenters. The van der Waals surface area contributed by atoms with Crippen LogP contribution >= 0.6 is 11.6 Å². The van der Waals surface area contributed by atoms with Gasteiger partial charge in [0.15, 0.2) is 9.84 Å². The van der Waals surface area contributed by atoms with E-state index in [9.17, 15) is 13.5 Å². The van der Waals surface area contributed by atoms with Gasteiger partial charge in [-0.15, -0.1) is 0 Å². The summed E-state index contributed by atoms with van der Waals surface area (Å²) >= 11 is 6.12. The molecular formula is C13H15ClO4S. The van der Waals surface area contributed by atoms with Crippen molar-refractivity contribution in [2.75, 3.05) is 11.5 Å². The van der Waals surface area contributed by atoms with E-state index in [-0.39, 0.29) is 17.6 Å². The molecule has 0 amide bonds. The zero-order chi connectivity index (χ0) is 13.7. The van der Waals surface area contributed by atoms with Crippen LogP contribution in [-0.2, 0) is 16.3 Å². The number of rotatable bonds is 4. The summed E-state index contributed by atoms with van der Waals surface area (Å²) in [4.78, 5) is 0. The largest absolute Gasteiger partial charge is 0.487 e. The predicted octanol–water partition coefficient (Wildman–Crippen LogP) is 1.58. The van der Waals surface area contributed by atoms with Gasteiger partial charge in [-0.2, -0.15) is 0 Å². The van der Waals surface area contributed by atoms with Crippen LogP contribution in [0.5, 0.6) is 5.75 Å². The number of halogens is 1. The highest BCUT2D eigenvalue weighted by Gasteiger charge is 2.40. The van der Waals surface area contributed by atoms with Gasteiger partial charge in [-0.1, -0.05) is 17.7 Å². The van der Waals surface area contributed by atoms with Crippen molar-refractivity contribution in [3.63, 3.8) is 0 Å². The third kappa shape index (κ3) is 3.04. The van der Waals surface area contributed by atoms with E-state index in [4.69, 9.17) is 16.3 Å². The monoisotopic (exact) mass is 302 g/mol. The van der Waals surface area contributed by atoms with E-state index >= 15 is 0 Å². The average molecular weight is 303 g/mol. The molecule has 1 saturated heterocycles. The van der Waals surface area contributed by atoms with Crippen molar-refractivity contribution in [3.05, 3.63) is 28.8 Å². The minimum absolute atomic E-state index is 0.0603. The Bertz CT molecular complexity index is 595. The van der Waals surface area contributed by atoms with E-state index < -0.39 is 15.4 Å². The molecule has 0 spiro atoms. The van der Waals surface area contributed by atoms with Crippen LogP contribution in [-0.4, -0.2) is 36.7 Å². The van der Waals surface area contributed by atoms with Crippen LogP contribution in [0.1, 0.15) is 18.4 Å². The summed E-state index contributed by atoms with van der Waals surface area (Å²) in [5, 5.41) is 10.3. The molecule has 6 heteroatoms. The van der Waals surface area contributed by atoms with E-state index in [1.54, 1.807) is 12.1 Å². The molecule has 1 aromatic carbocycles. The summed E-state index contributed by atoms with van der Waals surface area (Å²) in [5.41, 5.74) is 0.423. The Balaban J connectivity index is 1.66. The summed E-state index contributed by atoms with van der Waals surface area (Å²) in [6.45, 7) is 0. The summed E-state index contributed by atoms with van der Waals surface area (Å²) in [5.74, 6) is 0.628. The van der Waals surface area contributed by atoms with Crippen molar-refractivity contribution in [3.8, 4) is 5.75 Å². The number of aliphatic hydroxyl groups is 1. The second-order valence-electron chi connectivity index (χ2n) is 5.48. The van der Waals surface area contributed by atoms with Crippen LogP contribution in [0.4, 0.5) is 0 Å². The zero-order valence-electron chi connectivity index (χ0n) is 10.3. The molecule has 0 radical (unpaired) electrons. The smallest absolute Gasteiger partial charge is 0.157 e. The van der Waals surface area contributed by atoms with Crippen LogP contribution in [0.3, 0.4) is 0 Å². The fourth-order valence-electron chi connectivity index (χ4n) is 2.22. The molecule has 1 aliphatic carbocycles. The molecule has 1 heterocycles. The maximum absolute atomic E-state index is 11.0. The first-order valence-electron chi connectivity index (χ1n) is 6.23. The van der Waals surface area contributed by atoms with E-state index in [0.29, 0.717) is 17.2 Å². The molecule has 19 heavy (non-hydrogen) atoms. The van der Waals surface area contributed by atoms with Gasteiger partial charge in [0.1, 0.15) is 11.9 Å². The van der Waals surface area contributed by atoms with E-state index in [1.807, 2.05) is 6.07 Å². The Morgan fingerprint density at radius 1 is 1.37 bits per heavy atom. The van der Waals surface area contributed by atoms with Crippen molar-refractivity contribution in [2.45, 2.75) is 31.0 Å². The first kappa shape index (κ1) is 13.2. The van der Waals surface area contributed by atoms with Gasteiger partial charge in [-0.05, 0) is 30.5 Å². The predicted molar refractivity (Wildman–Crippen MR) is 72.4 cm³/mol. The maximum atomic E-state index is 11.0. The lowest BCUT2D eigenvalue weighted by Gasteiger charge is -2.27. The minimum atomic E-state index is -2.89. The molecule has 1 saturated carbocycles. The van der Waals surface area contributed by atoms with Gasteiger partial charge in [0.25, 0.3) is 0 Å². The van der Waals surface area contributed by atoms with E-state index in [1.165, 1.54) is 0 Å². The van der Waals surface area contributed by atoms with Crippen molar-refractivity contribution < 1.29 is 18.3 Å². The molecule has 3 rings (SSSR count). The lowest BCUT2D eigenvalue weighted by atomic mass is 10.1. The standard InChI is InChI=1S/C13H15ClO4S/c14-11-5-9(6-13(15)3-4-13)1-2-12(11)18-10-7-19(16,17)8-10/h1-2,5,10,15H,3-4,6-8H2. The van der Waals surface area contributed by atoms with Gasteiger partial charge in [0.2, 0.25) is 0 Å². The quantitative estimate of drug-likeness (QED) is 0.917. The summed E-state index contributed by atoms with van der Waals surface area (Å²) < 4.78 is 27.6. The van der Waals surface area contributed by atoms with Gasteiger partial charge in [0, 0.05) is 6.42 Å². The highest BCUT2D eigenvalue weighted by molar-refractivity contribution is 7.92. The summed E-state index contributed by atoms with van der Waals surface area (Å²) in [6.07, 6.45) is 1.98. The third-order valence-corrected chi connectivity index (χ3v) is 5.58. The molecule has 0 bridgehead atoms. The van der Waals surface area contributed by atoms with Crippen molar-refractivity contribution >= 4 is 21.4 Å². The minimum Gasteiger partial charge on any atom is -0.487 e. The third-order valence-electron chi connectivity index (χ3n) is 3.53. The fourth-order valence-corrected chi connectivity index (χ4v) is 3.64. The van der Waals surface area contributed by atoms with Crippen LogP contribution in [0.25, 0.3) is 0 Å². The van der Waals surface area contributed by atoms with E-state index in [0.717, 1.165) is 18.4 Å². The van der Waals surface area contributed by atoms with Crippen LogP contribution in [0, 0.1) is 0 Å². The van der Waals surface area contributed by atoms with Gasteiger partial charge in [-0.25, -0.2) is 8.42 Å². The Morgan fingerprint density at radius 2 is 2.05 bits per heavy atom. The number of sulfone groups is 1. The number of ether oxygens (including phenoxy) is 1. The molecule has 2 aliphatic rings.